The highest BCUT2D eigenvalue weighted by atomic mass is 32.2. The molecule has 0 saturated carbocycles. The molecule has 5 nitrogen and oxygen atoms in total. The molecule has 6 heteroatoms. The van der Waals surface area contributed by atoms with Crippen LogP contribution in [0.3, 0.4) is 0 Å². The van der Waals surface area contributed by atoms with E-state index in [9.17, 15) is 13.2 Å². The highest BCUT2D eigenvalue weighted by molar-refractivity contribution is 7.92. The average Bonchev–Trinajstić information content (AvgIpc) is 2.56. The monoisotopic (exact) mass is 360 g/mol. The number of nitrogens with one attached hydrogen (secondary N) is 2. The van der Waals surface area contributed by atoms with Crippen molar-refractivity contribution in [3.63, 3.8) is 0 Å². The molecule has 0 aliphatic heterocycles. The number of carbonyl (C=O) groups excluding carboxylic acids is 1. The van der Waals surface area contributed by atoms with Crippen LogP contribution >= 0.6 is 0 Å². The van der Waals surface area contributed by atoms with Gasteiger partial charge in [-0.1, -0.05) is 31.2 Å². The summed E-state index contributed by atoms with van der Waals surface area (Å²) in [4.78, 5) is 12.6. The molecule has 0 spiro atoms. The second kappa shape index (κ2) is 7.70. The van der Waals surface area contributed by atoms with Gasteiger partial charge in [0.2, 0.25) is 0 Å². The van der Waals surface area contributed by atoms with E-state index in [1.165, 1.54) is 0 Å². The molecule has 134 valence electrons. The lowest BCUT2D eigenvalue weighted by atomic mass is 10.1. The van der Waals surface area contributed by atoms with Crippen LogP contribution in [0.1, 0.15) is 41.8 Å². The molecule has 0 aromatic heterocycles. The molecule has 0 unspecified atom stereocenters. The fourth-order valence-electron chi connectivity index (χ4n) is 2.37. The number of amides is 1. The van der Waals surface area contributed by atoms with Crippen molar-refractivity contribution in [1.82, 2.24) is 5.32 Å². The third-order valence-electron chi connectivity index (χ3n) is 4.04. The highest BCUT2D eigenvalue weighted by Crippen LogP contribution is 2.23. The molecule has 1 atom stereocenters. The van der Waals surface area contributed by atoms with Crippen LogP contribution < -0.4 is 10.0 Å². The van der Waals surface area contributed by atoms with Crippen molar-refractivity contribution in [2.24, 2.45) is 0 Å². The van der Waals surface area contributed by atoms with Crippen LogP contribution in [0.25, 0.3) is 0 Å². The van der Waals surface area contributed by atoms with E-state index in [4.69, 9.17) is 0 Å². The van der Waals surface area contributed by atoms with E-state index < -0.39 is 10.0 Å². The Kier molecular flexibility index (Phi) is 5.85. The molecular weight excluding hydrogens is 336 g/mol. The normalized spacial score (nSPS) is 12.5. The number of anilines is 1. The molecule has 0 radical (unpaired) electrons. The second-order valence-electron chi connectivity index (χ2n) is 6.20. The van der Waals surface area contributed by atoms with Crippen molar-refractivity contribution in [1.29, 1.82) is 0 Å². The van der Waals surface area contributed by atoms with Crippen LogP contribution in [0, 0.1) is 13.8 Å². The van der Waals surface area contributed by atoms with Crippen LogP contribution in [0.15, 0.2) is 47.4 Å². The van der Waals surface area contributed by atoms with Crippen molar-refractivity contribution in [3.05, 3.63) is 59.2 Å². The number of carbonyl (C=O) groups is 1. The minimum Gasteiger partial charge on any atom is -0.350 e. The Labute approximate surface area is 149 Å². The lowest BCUT2D eigenvalue weighted by Crippen LogP contribution is -2.32. The first-order valence-corrected chi connectivity index (χ1v) is 9.73. The fourth-order valence-corrected chi connectivity index (χ4v) is 3.78. The summed E-state index contributed by atoms with van der Waals surface area (Å²) >= 11 is 0. The number of hydrogen-bond acceptors (Lipinski definition) is 3. The number of rotatable bonds is 6. The van der Waals surface area contributed by atoms with Gasteiger partial charge >= 0.3 is 0 Å². The molecule has 0 heterocycles. The van der Waals surface area contributed by atoms with Gasteiger partial charge in [-0.15, -0.1) is 0 Å². The summed E-state index contributed by atoms with van der Waals surface area (Å²) in [6.07, 6.45) is 0.794. The van der Waals surface area contributed by atoms with Gasteiger partial charge in [0.15, 0.2) is 0 Å². The van der Waals surface area contributed by atoms with E-state index in [0.717, 1.165) is 12.0 Å². The Morgan fingerprint density at radius 1 is 1.12 bits per heavy atom. The molecule has 25 heavy (non-hydrogen) atoms. The summed E-state index contributed by atoms with van der Waals surface area (Å²) in [7, 11) is -3.79. The fraction of sp³-hybridized carbons (Fsp3) is 0.316. The van der Waals surface area contributed by atoms with Crippen molar-refractivity contribution in [2.75, 3.05) is 4.72 Å². The average molecular weight is 360 g/mol. The number of para-hydroxylation sites is 1. The first kappa shape index (κ1) is 19.0. The molecule has 2 aromatic carbocycles. The Morgan fingerprint density at radius 2 is 1.80 bits per heavy atom. The molecule has 1 amide bonds. The van der Waals surface area contributed by atoms with Gasteiger partial charge in [-0.25, -0.2) is 8.42 Å². The Hall–Kier alpha value is -2.34. The molecule has 2 aromatic rings. The van der Waals surface area contributed by atoms with Gasteiger partial charge in [-0.05, 0) is 56.5 Å². The number of aryl methyl sites for hydroxylation is 2. The lowest BCUT2D eigenvalue weighted by Gasteiger charge is -2.16. The summed E-state index contributed by atoms with van der Waals surface area (Å²) in [6.45, 7) is 7.46. The summed E-state index contributed by atoms with van der Waals surface area (Å²) in [5.41, 5.74) is 2.08. The third-order valence-corrected chi connectivity index (χ3v) is 5.55. The molecule has 0 saturated heterocycles. The van der Waals surface area contributed by atoms with E-state index in [-0.39, 0.29) is 22.5 Å². The molecule has 2 N–H and O–H groups in total. The van der Waals surface area contributed by atoms with Crippen LogP contribution in [0.5, 0.6) is 0 Å². The first-order valence-electron chi connectivity index (χ1n) is 8.24. The zero-order valence-corrected chi connectivity index (χ0v) is 15.8. The van der Waals surface area contributed by atoms with Gasteiger partial charge in [-0.2, -0.15) is 0 Å². The van der Waals surface area contributed by atoms with Crippen LogP contribution in [-0.2, 0) is 10.0 Å². The minimum absolute atomic E-state index is 0.0104. The smallest absolute Gasteiger partial charge is 0.262 e. The number of hydrogen-bond donors (Lipinski definition) is 2. The van der Waals surface area contributed by atoms with Crippen LogP contribution in [0.4, 0.5) is 5.69 Å². The predicted molar refractivity (Wildman–Crippen MR) is 100 cm³/mol. The quantitative estimate of drug-likeness (QED) is 0.826. The van der Waals surface area contributed by atoms with Gasteiger partial charge in [0.1, 0.15) is 0 Å². The molecule has 0 fully saturated rings. The Morgan fingerprint density at radius 3 is 2.48 bits per heavy atom. The lowest BCUT2D eigenvalue weighted by molar-refractivity contribution is 0.0940. The number of sulfonamides is 1. The van der Waals surface area contributed by atoms with Crippen molar-refractivity contribution in [2.45, 2.75) is 45.1 Å². The summed E-state index contributed by atoms with van der Waals surface area (Å²) < 4.78 is 28.1. The van der Waals surface area contributed by atoms with E-state index in [2.05, 4.69) is 10.0 Å². The standard InChI is InChI=1S/C19H24N2O3S/c1-5-15(4)20-19(22)16-8-6-7-9-17(16)21-25(23,24)18-12-13(2)10-11-14(18)3/h6-12,15,21H,5H2,1-4H3,(H,20,22)/t15-/m1/s1. The van der Waals surface area contributed by atoms with E-state index in [0.29, 0.717) is 11.1 Å². The van der Waals surface area contributed by atoms with Gasteiger partial charge in [-0.3, -0.25) is 9.52 Å². The van der Waals surface area contributed by atoms with Gasteiger partial charge in [0.05, 0.1) is 16.1 Å². The topological polar surface area (TPSA) is 75.3 Å². The number of benzene rings is 2. The minimum atomic E-state index is -3.79. The molecule has 2 rings (SSSR count). The van der Waals surface area contributed by atoms with Gasteiger partial charge < -0.3 is 5.32 Å². The van der Waals surface area contributed by atoms with Crippen molar-refractivity contribution >= 4 is 21.6 Å². The molecule has 0 bridgehead atoms. The Balaban J connectivity index is 2.37. The second-order valence-corrected chi connectivity index (χ2v) is 7.85. The zero-order chi connectivity index (χ0) is 18.6. The third kappa shape index (κ3) is 4.60. The molecular formula is C19H24N2O3S. The van der Waals surface area contributed by atoms with E-state index >= 15 is 0 Å². The predicted octanol–water partition coefficient (Wildman–Crippen LogP) is 3.63. The van der Waals surface area contributed by atoms with Crippen molar-refractivity contribution in [3.8, 4) is 0 Å². The van der Waals surface area contributed by atoms with E-state index in [1.807, 2.05) is 26.8 Å². The maximum Gasteiger partial charge on any atom is 0.262 e. The van der Waals surface area contributed by atoms with Crippen LogP contribution in [0.2, 0.25) is 0 Å². The SMILES string of the molecule is CC[C@@H](C)NC(=O)c1ccccc1NS(=O)(=O)c1cc(C)ccc1C. The summed E-state index contributed by atoms with van der Waals surface area (Å²) in [5.74, 6) is -0.298. The van der Waals surface area contributed by atoms with Gasteiger partial charge in [0, 0.05) is 6.04 Å². The largest absolute Gasteiger partial charge is 0.350 e. The Bertz CT molecular complexity index is 876. The van der Waals surface area contributed by atoms with Crippen LogP contribution in [-0.4, -0.2) is 20.4 Å². The first-order chi connectivity index (χ1) is 11.7. The van der Waals surface area contributed by atoms with Gasteiger partial charge in [0.25, 0.3) is 15.9 Å². The zero-order valence-electron chi connectivity index (χ0n) is 15.0. The highest BCUT2D eigenvalue weighted by Gasteiger charge is 2.20. The summed E-state index contributed by atoms with van der Waals surface area (Å²) in [6, 6.07) is 11.9. The molecule has 0 aliphatic rings. The van der Waals surface area contributed by atoms with Crippen molar-refractivity contribution < 1.29 is 13.2 Å². The maximum absolute atomic E-state index is 12.8. The molecule has 0 aliphatic carbocycles. The summed E-state index contributed by atoms with van der Waals surface area (Å²) in [5, 5.41) is 2.86. The van der Waals surface area contributed by atoms with E-state index in [1.54, 1.807) is 43.3 Å². The maximum atomic E-state index is 12.8.